The minimum absolute atomic E-state index is 0.249. The zero-order valence-corrected chi connectivity index (χ0v) is 15.4. The number of methoxy groups -OCH3 is 1. The third-order valence-electron chi connectivity index (χ3n) is 3.09. The number of benzene rings is 2. The highest BCUT2D eigenvalue weighted by Gasteiger charge is 2.14. The Morgan fingerprint density at radius 3 is 2.57 bits per heavy atom. The van der Waals surface area contributed by atoms with Crippen LogP contribution in [0.25, 0.3) is 0 Å². The molecule has 0 aromatic heterocycles. The summed E-state index contributed by atoms with van der Waals surface area (Å²) in [4.78, 5) is 0.249. The highest BCUT2D eigenvalue weighted by Crippen LogP contribution is 2.34. The van der Waals surface area contributed by atoms with Gasteiger partial charge in [-0.3, -0.25) is 0 Å². The Morgan fingerprint density at radius 1 is 1.17 bits per heavy atom. The first-order valence-electron chi connectivity index (χ1n) is 7.01. The Labute approximate surface area is 149 Å². The molecule has 0 aliphatic carbocycles. The molecule has 0 atom stereocenters. The summed E-state index contributed by atoms with van der Waals surface area (Å²) in [7, 11) is 1.57. The molecule has 2 aromatic rings. The van der Waals surface area contributed by atoms with E-state index in [1.807, 2.05) is 37.3 Å². The van der Waals surface area contributed by atoms with Crippen LogP contribution in [-0.4, -0.2) is 25.3 Å². The van der Waals surface area contributed by atoms with Gasteiger partial charge in [0, 0.05) is 4.47 Å². The molecule has 0 unspecified atom stereocenters. The molecule has 0 amide bonds. The lowest BCUT2D eigenvalue weighted by Gasteiger charge is -2.15. The molecule has 122 valence electrons. The average molecular weight is 396 g/mol. The van der Waals surface area contributed by atoms with Crippen molar-refractivity contribution in [2.75, 3.05) is 20.3 Å². The van der Waals surface area contributed by atoms with Gasteiger partial charge in [0.15, 0.2) is 11.5 Å². The van der Waals surface area contributed by atoms with Crippen molar-refractivity contribution in [3.8, 4) is 17.2 Å². The van der Waals surface area contributed by atoms with Gasteiger partial charge in [0.25, 0.3) is 0 Å². The smallest absolute Gasteiger partial charge is 0.171 e. The van der Waals surface area contributed by atoms with Gasteiger partial charge in [0.1, 0.15) is 24.0 Å². The molecular formula is C17H18BrNO3S. The van der Waals surface area contributed by atoms with Crippen LogP contribution in [-0.2, 0) is 0 Å². The fourth-order valence-electron chi connectivity index (χ4n) is 2.06. The van der Waals surface area contributed by atoms with Crippen LogP contribution in [0.3, 0.4) is 0 Å². The van der Waals surface area contributed by atoms with Gasteiger partial charge in [-0.25, -0.2) is 0 Å². The predicted molar refractivity (Wildman–Crippen MR) is 98.8 cm³/mol. The number of rotatable bonds is 7. The number of hydrogen-bond donors (Lipinski definition) is 1. The summed E-state index contributed by atoms with van der Waals surface area (Å²) in [6, 6.07) is 11.5. The molecule has 0 aliphatic heterocycles. The third kappa shape index (κ3) is 4.84. The number of ether oxygens (including phenoxy) is 3. The highest BCUT2D eigenvalue weighted by molar-refractivity contribution is 9.10. The minimum atomic E-state index is 0.249. The predicted octanol–water partition coefficient (Wildman–Crippen LogP) is 3.86. The van der Waals surface area contributed by atoms with Crippen LogP contribution in [0.15, 0.2) is 40.9 Å². The molecule has 0 radical (unpaired) electrons. The van der Waals surface area contributed by atoms with E-state index in [4.69, 9.17) is 32.2 Å². The summed E-state index contributed by atoms with van der Waals surface area (Å²) in [5.41, 5.74) is 7.54. The van der Waals surface area contributed by atoms with E-state index in [0.717, 1.165) is 15.8 Å². The molecule has 2 N–H and O–H groups in total. The van der Waals surface area contributed by atoms with Crippen molar-refractivity contribution in [3.05, 3.63) is 52.0 Å². The van der Waals surface area contributed by atoms with Crippen molar-refractivity contribution < 1.29 is 14.2 Å². The lowest BCUT2D eigenvalue weighted by atomic mass is 10.2. The largest absolute Gasteiger partial charge is 0.493 e. The van der Waals surface area contributed by atoms with E-state index >= 15 is 0 Å². The van der Waals surface area contributed by atoms with Crippen LogP contribution in [0.5, 0.6) is 17.2 Å². The molecule has 0 fully saturated rings. The first kappa shape index (κ1) is 17.6. The summed E-state index contributed by atoms with van der Waals surface area (Å²) in [5, 5.41) is 0. The van der Waals surface area contributed by atoms with E-state index in [2.05, 4.69) is 15.9 Å². The molecule has 6 heteroatoms. The van der Waals surface area contributed by atoms with Crippen molar-refractivity contribution in [3.63, 3.8) is 0 Å². The van der Waals surface area contributed by atoms with Crippen LogP contribution in [0.4, 0.5) is 0 Å². The molecule has 0 saturated heterocycles. The summed E-state index contributed by atoms with van der Waals surface area (Å²) in [5.74, 6) is 1.90. The van der Waals surface area contributed by atoms with Crippen LogP contribution < -0.4 is 19.9 Å². The van der Waals surface area contributed by atoms with Crippen LogP contribution in [0.2, 0.25) is 0 Å². The summed E-state index contributed by atoms with van der Waals surface area (Å²) >= 11 is 8.48. The first-order chi connectivity index (χ1) is 11.0. The molecule has 2 rings (SSSR count). The quantitative estimate of drug-likeness (QED) is 0.569. The van der Waals surface area contributed by atoms with Crippen molar-refractivity contribution >= 4 is 33.1 Å². The molecule has 0 saturated carbocycles. The van der Waals surface area contributed by atoms with Gasteiger partial charge >= 0.3 is 0 Å². The van der Waals surface area contributed by atoms with Crippen LogP contribution >= 0.6 is 28.1 Å². The van der Waals surface area contributed by atoms with Gasteiger partial charge in [-0.2, -0.15) is 0 Å². The first-order valence-corrected chi connectivity index (χ1v) is 8.21. The van der Waals surface area contributed by atoms with Crippen molar-refractivity contribution in [2.45, 2.75) is 6.92 Å². The van der Waals surface area contributed by atoms with E-state index in [1.54, 1.807) is 13.2 Å². The maximum Gasteiger partial charge on any atom is 0.171 e. The SMILES string of the molecule is COc1cc(Br)cc(C(N)=S)c1OCCOc1cccc(C)c1. The van der Waals surface area contributed by atoms with Gasteiger partial charge < -0.3 is 19.9 Å². The number of nitrogens with two attached hydrogens (primary N) is 1. The second-order valence-electron chi connectivity index (χ2n) is 4.86. The summed E-state index contributed by atoms with van der Waals surface area (Å²) in [6.07, 6.45) is 0. The zero-order chi connectivity index (χ0) is 16.8. The molecule has 4 nitrogen and oxygen atoms in total. The molecule has 2 aromatic carbocycles. The van der Waals surface area contributed by atoms with Gasteiger partial charge in [-0.05, 0) is 36.8 Å². The molecular weight excluding hydrogens is 378 g/mol. The van der Waals surface area contributed by atoms with Gasteiger partial charge in [0.2, 0.25) is 0 Å². The minimum Gasteiger partial charge on any atom is -0.493 e. The Hall–Kier alpha value is -1.79. The maximum absolute atomic E-state index is 5.79. The second-order valence-corrected chi connectivity index (χ2v) is 6.22. The Balaban J connectivity index is 2.03. The van der Waals surface area contributed by atoms with Crippen LogP contribution in [0.1, 0.15) is 11.1 Å². The lowest BCUT2D eigenvalue weighted by Crippen LogP contribution is -2.15. The monoisotopic (exact) mass is 395 g/mol. The zero-order valence-electron chi connectivity index (χ0n) is 13.0. The Morgan fingerprint density at radius 2 is 1.91 bits per heavy atom. The average Bonchev–Trinajstić information content (AvgIpc) is 2.51. The second kappa shape index (κ2) is 8.17. The van der Waals surface area contributed by atoms with Crippen molar-refractivity contribution in [1.82, 2.24) is 0 Å². The number of hydrogen-bond acceptors (Lipinski definition) is 4. The van der Waals surface area contributed by atoms with E-state index in [9.17, 15) is 0 Å². The van der Waals surface area contributed by atoms with Crippen molar-refractivity contribution in [2.24, 2.45) is 5.73 Å². The molecule has 23 heavy (non-hydrogen) atoms. The number of halogens is 1. The number of aryl methyl sites for hydroxylation is 1. The topological polar surface area (TPSA) is 53.7 Å². The van der Waals surface area contributed by atoms with Crippen LogP contribution in [0, 0.1) is 6.92 Å². The van der Waals surface area contributed by atoms with E-state index < -0.39 is 0 Å². The molecule has 0 bridgehead atoms. The molecule has 0 aliphatic rings. The van der Waals surface area contributed by atoms with Gasteiger partial charge in [-0.1, -0.05) is 40.3 Å². The fraction of sp³-hybridized carbons (Fsp3) is 0.235. The summed E-state index contributed by atoms with van der Waals surface area (Å²) < 4.78 is 17.6. The maximum atomic E-state index is 5.79. The Kier molecular flexibility index (Phi) is 6.24. The standard InChI is InChI=1S/C17H18BrNO3S/c1-11-4-3-5-13(8-11)21-6-7-22-16-14(17(19)23)9-12(18)10-15(16)20-2/h3-5,8-10H,6-7H2,1-2H3,(H2,19,23). The number of thiocarbonyl (C=S) groups is 1. The van der Waals surface area contributed by atoms with E-state index in [1.165, 1.54) is 0 Å². The fourth-order valence-corrected chi connectivity index (χ4v) is 2.65. The normalized spacial score (nSPS) is 10.2. The van der Waals surface area contributed by atoms with Crippen molar-refractivity contribution in [1.29, 1.82) is 0 Å². The van der Waals surface area contributed by atoms with E-state index in [-0.39, 0.29) is 4.99 Å². The third-order valence-corrected chi connectivity index (χ3v) is 3.77. The lowest BCUT2D eigenvalue weighted by molar-refractivity contribution is 0.211. The van der Waals surface area contributed by atoms with E-state index in [0.29, 0.717) is 30.3 Å². The summed E-state index contributed by atoms with van der Waals surface area (Å²) in [6.45, 7) is 2.77. The highest BCUT2D eigenvalue weighted by atomic mass is 79.9. The molecule has 0 heterocycles. The Bertz CT molecular complexity index is 706. The molecule has 0 spiro atoms. The van der Waals surface area contributed by atoms with Gasteiger partial charge in [0.05, 0.1) is 12.7 Å². The van der Waals surface area contributed by atoms with Gasteiger partial charge in [-0.15, -0.1) is 0 Å².